The van der Waals surface area contributed by atoms with Crippen LogP contribution < -0.4 is 0 Å². The second-order valence-corrected chi connectivity index (χ2v) is 13.0. The summed E-state index contributed by atoms with van der Waals surface area (Å²) in [6, 6.07) is 10.9. The molecule has 0 atom stereocenters. The average Bonchev–Trinajstić information content (AvgIpc) is 2.48. The SMILES string of the molecule is CCP(CC)(CC)(CCCC=O)Cc1ccccc1. The van der Waals surface area contributed by atoms with Gasteiger partial charge >= 0.3 is 118 Å². The predicted molar refractivity (Wildman–Crippen MR) is 88.9 cm³/mol. The summed E-state index contributed by atoms with van der Waals surface area (Å²) in [5.41, 5.74) is 1.48. The summed E-state index contributed by atoms with van der Waals surface area (Å²) in [7, 11) is 0. The molecule has 0 aliphatic carbocycles. The Hall–Kier alpha value is -0.680. The van der Waals surface area contributed by atoms with E-state index in [0.29, 0.717) is 0 Å². The van der Waals surface area contributed by atoms with Gasteiger partial charge < -0.3 is 0 Å². The van der Waals surface area contributed by atoms with Crippen molar-refractivity contribution in [2.24, 2.45) is 0 Å². The van der Waals surface area contributed by atoms with E-state index in [4.69, 9.17) is 0 Å². The Labute approximate surface area is 118 Å². The second-order valence-electron chi connectivity index (χ2n) is 5.86. The number of carbonyl (C=O) groups is 1. The van der Waals surface area contributed by atoms with Crippen molar-refractivity contribution < 1.29 is 4.79 Å². The van der Waals surface area contributed by atoms with E-state index >= 15 is 0 Å². The summed E-state index contributed by atoms with van der Waals surface area (Å²) >= 11 is 0. The van der Waals surface area contributed by atoms with Crippen molar-refractivity contribution in [2.45, 2.75) is 39.8 Å². The molecule has 1 nitrogen and oxygen atoms in total. The van der Waals surface area contributed by atoms with Gasteiger partial charge in [0.1, 0.15) is 0 Å². The standard InChI is InChI=1S/C17H29OP/c1-4-19(5-2,6-3,15-11-10-14-18)16-17-12-8-7-9-13-17/h7-9,12-14H,4-6,10-11,15-16H2,1-3H3. The van der Waals surface area contributed by atoms with Crippen LogP contribution in [0.15, 0.2) is 30.3 Å². The van der Waals surface area contributed by atoms with E-state index in [0.717, 1.165) is 19.1 Å². The minimum absolute atomic E-state index is 0.729. The molecule has 1 rings (SSSR count). The van der Waals surface area contributed by atoms with E-state index < -0.39 is 6.60 Å². The molecular weight excluding hydrogens is 251 g/mol. The first-order chi connectivity index (χ1) is 9.13. The fourth-order valence-electron chi connectivity index (χ4n) is 3.28. The van der Waals surface area contributed by atoms with Gasteiger partial charge in [-0.3, -0.25) is 0 Å². The Kier molecular flexibility index (Phi) is 6.20. The van der Waals surface area contributed by atoms with Gasteiger partial charge in [0.15, 0.2) is 0 Å². The van der Waals surface area contributed by atoms with E-state index in [1.807, 2.05) is 0 Å². The van der Waals surface area contributed by atoms with Gasteiger partial charge in [-0.15, -0.1) is 0 Å². The summed E-state index contributed by atoms with van der Waals surface area (Å²) in [5, 5.41) is 0. The molecule has 0 heterocycles. The molecule has 0 fully saturated rings. The number of carbonyl (C=O) groups excluding carboxylic acids is 1. The van der Waals surface area contributed by atoms with Crippen LogP contribution in [0.25, 0.3) is 0 Å². The first-order valence-electron chi connectivity index (χ1n) is 7.61. The maximum atomic E-state index is 10.6. The Bertz CT molecular complexity index is 370. The molecule has 0 aliphatic rings. The van der Waals surface area contributed by atoms with Gasteiger partial charge in [-0.1, -0.05) is 0 Å². The third-order valence-corrected chi connectivity index (χ3v) is 13.5. The molecule has 0 bridgehead atoms. The van der Waals surface area contributed by atoms with Crippen molar-refractivity contribution in [2.75, 3.05) is 24.6 Å². The summed E-state index contributed by atoms with van der Waals surface area (Å²) in [6.07, 6.45) is 9.36. The molecule has 0 amide bonds. The van der Waals surface area contributed by atoms with E-state index in [-0.39, 0.29) is 0 Å². The predicted octanol–water partition coefficient (Wildman–Crippen LogP) is 4.78. The number of aldehydes is 1. The number of unbranched alkanes of at least 4 members (excludes halogenated alkanes) is 1. The molecule has 0 N–H and O–H groups in total. The van der Waals surface area contributed by atoms with Gasteiger partial charge in [0.05, 0.1) is 0 Å². The number of benzene rings is 1. The van der Waals surface area contributed by atoms with Crippen LogP contribution in [-0.2, 0) is 11.0 Å². The summed E-state index contributed by atoms with van der Waals surface area (Å²) in [4.78, 5) is 10.6. The minimum atomic E-state index is -1.69. The quantitative estimate of drug-likeness (QED) is 0.361. The van der Waals surface area contributed by atoms with Crippen molar-refractivity contribution in [1.82, 2.24) is 0 Å². The van der Waals surface area contributed by atoms with Crippen LogP contribution in [0.4, 0.5) is 0 Å². The molecular formula is C17H29OP. The second kappa shape index (κ2) is 7.20. The molecule has 2 heteroatoms. The van der Waals surface area contributed by atoms with E-state index in [1.54, 1.807) is 0 Å². The van der Waals surface area contributed by atoms with Crippen LogP contribution in [0.3, 0.4) is 0 Å². The number of hydrogen-bond donors (Lipinski definition) is 0. The van der Waals surface area contributed by atoms with E-state index in [9.17, 15) is 4.79 Å². The van der Waals surface area contributed by atoms with Gasteiger partial charge in [0.2, 0.25) is 0 Å². The van der Waals surface area contributed by atoms with Crippen molar-refractivity contribution in [1.29, 1.82) is 0 Å². The van der Waals surface area contributed by atoms with Crippen molar-refractivity contribution in [3.05, 3.63) is 35.9 Å². The van der Waals surface area contributed by atoms with Gasteiger partial charge in [-0.2, -0.15) is 0 Å². The Morgan fingerprint density at radius 1 is 1.00 bits per heavy atom. The van der Waals surface area contributed by atoms with E-state index in [1.165, 1.54) is 36.4 Å². The number of hydrogen-bond acceptors (Lipinski definition) is 1. The first-order valence-corrected chi connectivity index (χ1v) is 10.8. The molecule has 1 aromatic carbocycles. The zero-order valence-electron chi connectivity index (χ0n) is 12.8. The van der Waals surface area contributed by atoms with E-state index in [2.05, 4.69) is 51.1 Å². The van der Waals surface area contributed by atoms with Crippen LogP contribution in [0, 0.1) is 0 Å². The van der Waals surface area contributed by atoms with Gasteiger partial charge in [0.25, 0.3) is 0 Å². The molecule has 0 radical (unpaired) electrons. The fraction of sp³-hybridized carbons (Fsp3) is 0.588. The molecule has 0 unspecified atom stereocenters. The average molecular weight is 280 g/mol. The summed E-state index contributed by atoms with van der Waals surface area (Å²) in [6.45, 7) is 5.42. The Morgan fingerprint density at radius 2 is 1.58 bits per heavy atom. The molecule has 108 valence electrons. The van der Waals surface area contributed by atoms with Crippen LogP contribution in [-0.4, -0.2) is 30.9 Å². The normalized spacial score (nSPS) is 13.7. The number of rotatable bonds is 9. The third kappa shape index (κ3) is 3.89. The third-order valence-electron chi connectivity index (χ3n) is 5.27. The molecule has 19 heavy (non-hydrogen) atoms. The summed E-state index contributed by atoms with van der Waals surface area (Å²) < 4.78 is 0. The van der Waals surface area contributed by atoms with Gasteiger partial charge in [-0.05, 0) is 0 Å². The molecule has 0 saturated carbocycles. The summed E-state index contributed by atoms with van der Waals surface area (Å²) in [5.74, 6) is 0. The van der Waals surface area contributed by atoms with Crippen LogP contribution in [0.2, 0.25) is 0 Å². The van der Waals surface area contributed by atoms with Gasteiger partial charge in [-0.25, -0.2) is 0 Å². The zero-order chi connectivity index (χ0) is 14.2. The van der Waals surface area contributed by atoms with Crippen LogP contribution in [0.1, 0.15) is 39.2 Å². The molecule has 0 aliphatic heterocycles. The molecule has 0 saturated heterocycles. The Morgan fingerprint density at radius 3 is 2.05 bits per heavy atom. The topological polar surface area (TPSA) is 17.1 Å². The van der Waals surface area contributed by atoms with Crippen molar-refractivity contribution >= 4 is 12.9 Å². The van der Waals surface area contributed by atoms with Crippen LogP contribution in [0.5, 0.6) is 0 Å². The molecule has 1 aromatic rings. The van der Waals surface area contributed by atoms with Crippen molar-refractivity contribution in [3.63, 3.8) is 0 Å². The van der Waals surface area contributed by atoms with Crippen LogP contribution >= 0.6 is 6.60 Å². The van der Waals surface area contributed by atoms with Crippen molar-refractivity contribution in [3.8, 4) is 0 Å². The fourth-order valence-corrected chi connectivity index (χ4v) is 8.72. The maximum absolute atomic E-state index is 10.6. The Balaban J connectivity index is 2.99. The molecule has 0 aromatic heterocycles. The molecule has 0 spiro atoms. The monoisotopic (exact) mass is 280 g/mol. The zero-order valence-corrected chi connectivity index (χ0v) is 13.7. The first kappa shape index (κ1) is 16.4. The van der Waals surface area contributed by atoms with Gasteiger partial charge in [0, 0.05) is 0 Å².